The number of benzene rings is 1. The molecule has 14 heteroatoms. The van der Waals surface area contributed by atoms with E-state index in [1.54, 1.807) is 54.7 Å². The van der Waals surface area contributed by atoms with E-state index in [2.05, 4.69) is 15.1 Å². The lowest BCUT2D eigenvalue weighted by Crippen LogP contribution is -2.56. The molecule has 2 aromatic heterocycles. The Morgan fingerprint density at radius 2 is 1.44 bits per heavy atom. The third-order valence-corrected chi connectivity index (χ3v) is 7.15. The summed E-state index contributed by atoms with van der Waals surface area (Å²) in [4.78, 5) is 25.1. The number of aryl methyl sites for hydroxylation is 1. The zero-order valence-corrected chi connectivity index (χ0v) is 24.7. The number of carbonyl (C=O) groups is 1. The van der Waals surface area contributed by atoms with Crippen LogP contribution in [0.1, 0.15) is 64.2 Å². The molecule has 3 heterocycles. The van der Waals surface area contributed by atoms with Crippen LogP contribution in [0.3, 0.4) is 0 Å². The van der Waals surface area contributed by atoms with Gasteiger partial charge in [-0.1, -0.05) is 0 Å². The van der Waals surface area contributed by atoms with Gasteiger partial charge in [-0.3, -0.25) is 4.68 Å². The Labute approximate surface area is 245 Å². The van der Waals surface area contributed by atoms with Crippen LogP contribution in [0.4, 0.5) is 37.1 Å². The molecule has 1 aliphatic heterocycles. The molecule has 0 spiro atoms. The number of aromatic nitrogens is 4. The van der Waals surface area contributed by atoms with Gasteiger partial charge in [0.25, 0.3) is 0 Å². The second-order valence-corrected chi connectivity index (χ2v) is 11.9. The molecule has 4 rings (SSSR count). The topological polar surface area (TPSA) is 76.4 Å². The average Bonchev–Trinajstić information content (AvgIpc) is 3.31. The molecule has 3 atom stereocenters. The maximum absolute atomic E-state index is 13.6. The van der Waals surface area contributed by atoms with Crippen molar-refractivity contribution in [3.63, 3.8) is 0 Å². The van der Waals surface area contributed by atoms with Crippen LogP contribution in [0.15, 0.2) is 43.0 Å². The van der Waals surface area contributed by atoms with E-state index < -0.39 is 41.2 Å². The van der Waals surface area contributed by atoms with E-state index in [9.17, 15) is 31.1 Å². The van der Waals surface area contributed by atoms with Gasteiger partial charge in [-0.15, -0.1) is 0 Å². The minimum Gasteiger partial charge on any atom is -0.444 e. The van der Waals surface area contributed by atoms with Crippen LogP contribution in [-0.2, 0) is 30.7 Å². The number of halogens is 6. The minimum absolute atomic E-state index is 0.108. The van der Waals surface area contributed by atoms with Gasteiger partial charge in [-0.2, -0.15) is 31.4 Å². The van der Waals surface area contributed by atoms with Gasteiger partial charge in [0.15, 0.2) is 0 Å². The number of amides is 1. The highest BCUT2D eigenvalue weighted by atomic mass is 19.4. The zero-order chi connectivity index (χ0) is 31.9. The number of carbonyl (C=O) groups excluding carboxylic acids is 1. The van der Waals surface area contributed by atoms with Gasteiger partial charge in [-0.25, -0.2) is 14.8 Å². The molecule has 1 aliphatic rings. The molecule has 1 saturated heterocycles. The third kappa shape index (κ3) is 7.77. The summed E-state index contributed by atoms with van der Waals surface area (Å²) in [5, 5.41) is 4.12. The SMILES string of the molecule is C[C@@H]1CC(N(Cc2cc(C(F)(F)F)cc(C(F)(F)F)c2)c2ncc(-c3cnn(C)c3)cn2)C[C@H](C)N1C(=O)OC(C)(C)C. The van der Waals surface area contributed by atoms with Crippen molar-refractivity contribution in [2.45, 2.75) is 90.1 Å². The van der Waals surface area contributed by atoms with Gasteiger partial charge in [0.1, 0.15) is 5.60 Å². The molecular formula is C29H34F6N6O2. The molecular weight excluding hydrogens is 578 g/mol. The summed E-state index contributed by atoms with van der Waals surface area (Å²) in [6, 6.07) is 0.415. The number of anilines is 1. The number of likely N-dealkylation sites (tertiary alicyclic amines) is 1. The fraction of sp³-hybridized carbons (Fsp3) is 0.517. The highest BCUT2D eigenvalue weighted by Gasteiger charge is 2.40. The summed E-state index contributed by atoms with van der Waals surface area (Å²) < 4.78 is 89.0. The number of ether oxygens (including phenoxy) is 1. The standard InChI is InChI=1S/C29H34F6N6O2/c1-17-7-24(8-18(2)41(17)26(42)43-27(3,4)5)40(25-36-12-20(13-37-25)21-14-38-39(6)16-21)15-19-9-22(28(30,31)32)11-23(10-19)29(33,34)35/h9-14,16-18,24H,7-8,15H2,1-6H3/t17-,18+,24?. The predicted octanol–water partition coefficient (Wildman–Crippen LogP) is 7.10. The van der Waals surface area contributed by atoms with E-state index >= 15 is 0 Å². The molecule has 3 aromatic rings. The Kier molecular flexibility index (Phi) is 8.72. The summed E-state index contributed by atoms with van der Waals surface area (Å²) >= 11 is 0. The van der Waals surface area contributed by atoms with Gasteiger partial charge in [0.05, 0.1) is 17.3 Å². The van der Waals surface area contributed by atoms with E-state index in [-0.39, 0.29) is 36.2 Å². The number of hydrogen-bond donors (Lipinski definition) is 0. The van der Waals surface area contributed by atoms with Crippen molar-refractivity contribution in [3.8, 4) is 11.1 Å². The van der Waals surface area contributed by atoms with E-state index in [0.29, 0.717) is 18.4 Å². The first-order valence-corrected chi connectivity index (χ1v) is 13.7. The second kappa shape index (κ2) is 11.7. The first-order chi connectivity index (χ1) is 19.8. The van der Waals surface area contributed by atoms with Gasteiger partial charge < -0.3 is 14.5 Å². The van der Waals surface area contributed by atoms with Crippen LogP contribution in [0.25, 0.3) is 11.1 Å². The van der Waals surface area contributed by atoms with Crippen LogP contribution >= 0.6 is 0 Å². The lowest BCUT2D eigenvalue weighted by Gasteiger charge is -2.46. The van der Waals surface area contributed by atoms with Crippen molar-refractivity contribution in [2.24, 2.45) is 7.05 Å². The summed E-state index contributed by atoms with van der Waals surface area (Å²) in [6.07, 6.45) is -3.33. The van der Waals surface area contributed by atoms with Gasteiger partial charge in [-0.05, 0) is 71.2 Å². The molecule has 234 valence electrons. The fourth-order valence-corrected chi connectivity index (χ4v) is 5.33. The largest absolute Gasteiger partial charge is 0.444 e. The van der Waals surface area contributed by atoms with E-state index in [1.807, 2.05) is 13.8 Å². The Balaban J connectivity index is 1.72. The summed E-state index contributed by atoms with van der Waals surface area (Å²) in [5.41, 5.74) is -2.34. The van der Waals surface area contributed by atoms with E-state index in [4.69, 9.17) is 4.74 Å². The molecule has 1 fully saturated rings. The molecule has 8 nitrogen and oxygen atoms in total. The fourth-order valence-electron chi connectivity index (χ4n) is 5.33. The van der Waals surface area contributed by atoms with E-state index in [1.165, 1.54) is 12.4 Å². The Bertz CT molecular complexity index is 1390. The van der Waals surface area contributed by atoms with Crippen molar-refractivity contribution in [1.29, 1.82) is 0 Å². The first kappa shape index (κ1) is 32.1. The normalized spacial score (nSPS) is 19.8. The number of alkyl halides is 6. The molecule has 0 bridgehead atoms. The minimum atomic E-state index is -4.98. The predicted molar refractivity (Wildman–Crippen MR) is 147 cm³/mol. The highest BCUT2D eigenvalue weighted by molar-refractivity contribution is 5.69. The van der Waals surface area contributed by atoms with Crippen LogP contribution in [0.2, 0.25) is 0 Å². The zero-order valence-electron chi connectivity index (χ0n) is 24.7. The van der Waals surface area contributed by atoms with Crippen molar-refractivity contribution >= 4 is 12.0 Å². The number of hydrogen-bond acceptors (Lipinski definition) is 6. The van der Waals surface area contributed by atoms with Crippen LogP contribution in [0.5, 0.6) is 0 Å². The van der Waals surface area contributed by atoms with Gasteiger partial charge in [0.2, 0.25) is 5.95 Å². The Morgan fingerprint density at radius 1 is 0.907 bits per heavy atom. The van der Waals surface area contributed by atoms with Gasteiger partial charge >= 0.3 is 18.4 Å². The van der Waals surface area contributed by atoms with Crippen LogP contribution in [-0.4, -0.2) is 54.5 Å². The number of rotatable bonds is 5. The number of nitrogens with zero attached hydrogens (tertiary/aromatic N) is 6. The number of piperidine rings is 1. The molecule has 0 aliphatic carbocycles. The smallest absolute Gasteiger partial charge is 0.416 e. The Hall–Kier alpha value is -3.84. The summed E-state index contributed by atoms with van der Waals surface area (Å²) in [5.74, 6) is 0.133. The van der Waals surface area contributed by atoms with Crippen molar-refractivity contribution in [2.75, 3.05) is 4.90 Å². The third-order valence-electron chi connectivity index (χ3n) is 7.15. The van der Waals surface area contributed by atoms with Crippen LogP contribution in [0, 0.1) is 0 Å². The quantitative estimate of drug-likeness (QED) is 0.286. The molecule has 0 N–H and O–H groups in total. The second-order valence-electron chi connectivity index (χ2n) is 11.9. The lowest BCUT2D eigenvalue weighted by atomic mass is 9.91. The Morgan fingerprint density at radius 3 is 1.88 bits per heavy atom. The molecule has 1 aromatic carbocycles. The van der Waals surface area contributed by atoms with Crippen LogP contribution < -0.4 is 4.90 Å². The van der Waals surface area contributed by atoms with Gasteiger partial charge in [0, 0.05) is 61.4 Å². The van der Waals surface area contributed by atoms with Crippen molar-refractivity contribution in [1.82, 2.24) is 24.6 Å². The maximum Gasteiger partial charge on any atom is 0.416 e. The molecule has 0 radical (unpaired) electrons. The average molecular weight is 613 g/mol. The highest BCUT2D eigenvalue weighted by Crippen LogP contribution is 2.38. The van der Waals surface area contributed by atoms with Crippen molar-refractivity contribution < 1.29 is 35.9 Å². The molecule has 43 heavy (non-hydrogen) atoms. The molecule has 1 unspecified atom stereocenters. The maximum atomic E-state index is 13.6. The summed E-state index contributed by atoms with van der Waals surface area (Å²) in [7, 11) is 1.75. The van der Waals surface area contributed by atoms with E-state index in [0.717, 1.165) is 17.7 Å². The van der Waals surface area contributed by atoms with Crippen molar-refractivity contribution in [3.05, 3.63) is 59.7 Å². The molecule has 1 amide bonds. The lowest BCUT2D eigenvalue weighted by molar-refractivity contribution is -0.143. The summed E-state index contributed by atoms with van der Waals surface area (Å²) in [6.45, 7) is 8.59. The molecule has 0 saturated carbocycles. The monoisotopic (exact) mass is 612 g/mol. The first-order valence-electron chi connectivity index (χ1n) is 13.7.